The Kier molecular flexibility index (Phi) is 4.63. The third-order valence-electron chi connectivity index (χ3n) is 5.26. The van der Waals surface area contributed by atoms with Crippen molar-refractivity contribution in [1.82, 2.24) is 10.2 Å². The second kappa shape index (κ2) is 6.95. The van der Waals surface area contributed by atoms with Crippen molar-refractivity contribution in [3.05, 3.63) is 29.7 Å². The third kappa shape index (κ3) is 3.69. The van der Waals surface area contributed by atoms with Gasteiger partial charge in [0.15, 0.2) is 0 Å². The van der Waals surface area contributed by atoms with Gasteiger partial charge >= 0.3 is 6.01 Å². The SMILES string of the molecule is CC(=O)N1CCc2cc(S(=O)(=O)Nc3nnc(CC4CCCC4)o3)ccc21. The number of fused-ring (bicyclic) bond motifs is 1. The van der Waals surface area contributed by atoms with E-state index < -0.39 is 10.0 Å². The molecule has 8 nitrogen and oxygen atoms in total. The van der Waals surface area contributed by atoms with Gasteiger partial charge in [0.05, 0.1) is 4.90 Å². The van der Waals surface area contributed by atoms with Crippen molar-refractivity contribution < 1.29 is 17.6 Å². The summed E-state index contributed by atoms with van der Waals surface area (Å²) in [7, 11) is -3.84. The maximum atomic E-state index is 12.7. The minimum absolute atomic E-state index is 0.0527. The van der Waals surface area contributed by atoms with Crippen molar-refractivity contribution in [2.24, 2.45) is 5.92 Å². The highest BCUT2D eigenvalue weighted by Crippen LogP contribution is 2.31. The second-order valence-electron chi connectivity index (χ2n) is 7.17. The molecule has 1 fully saturated rings. The fourth-order valence-electron chi connectivity index (χ4n) is 3.89. The molecular weight excluding hydrogens is 368 g/mol. The number of benzene rings is 1. The van der Waals surface area contributed by atoms with Crippen molar-refractivity contribution in [3.63, 3.8) is 0 Å². The Labute approximate surface area is 158 Å². The molecule has 144 valence electrons. The first-order chi connectivity index (χ1) is 12.9. The Hall–Kier alpha value is -2.42. The molecule has 1 N–H and O–H groups in total. The molecule has 2 aliphatic rings. The van der Waals surface area contributed by atoms with Crippen LogP contribution in [0.25, 0.3) is 0 Å². The van der Waals surface area contributed by atoms with Crippen LogP contribution in [0.3, 0.4) is 0 Å². The van der Waals surface area contributed by atoms with Crippen LogP contribution in [0.4, 0.5) is 11.7 Å². The smallest absolute Gasteiger partial charge is 0.329 e. The van der Waals surface area contributed by atoms with Crippen molar-refractivity contribution in [1.29, 1.82) is 0 Å². The number of nitrogens with zero attached hydrogens (tertiary/aromatic N) is 3. The first-order valence-corrected chi connectivity index (χ1v) is 10.7. The molecular formula is C18H22N4O4S. The van der Waals surface area contributed by atoms with E-state index in [2.05, 4.69) is 14.9 Å². The number of amides is 1. The third-order valence-corrected chi connectivity index (χ3v) is 6.58. The van der Waals surface area contributed by atoms with Crippen LogP contribution in [-0.4, -0.2) is 31.1 Å². The summed E-state index contributed by atoms with van der Waals surface area (Å²) >= 11 is 0. The molecule has 0 unspecified atom stereocenters. The van der Waals surface area contributed by atoms with Gasteiger partial charge in [0, 0.05) is 25.6 Å². The minimum atomic E-state index is -3.84. The summed E-state index contributed by atoms with van der Waals surface area (Å²) in [5.41, 5.74) is 1.60. The number of carbonyl (C=O) groups excluding carboxylic acids is 1. The molecule has 1 amide bonds. The number of carbonyl (C=O) groups is 1. The van der Waals surface area contributed by atoms with E-state index in [-0.39, 0.29) is 16.8 Å². The highest BCUT2D eigenvalue weighted by Gasteiger charge is 2.26. The highest BCUT2D eigenvalue weighted by molar-refractivity contribution is 7.92. The second-order valence-corrected chi connectivity index (χ2v) is 8.85. The number of rotatable bonds is 5. The lowest BCUT2D eigenvalue weighted by Crippen LogP contribution is -2.25. The molecule has 1 aliphatic carbocycles. The highest BCUT2D eigenvalue weighted by atomic mass is 32.2. The molecule has 27 heavy (non-hydrogen) atoms. The molecule has 0 radical (unpaired) electrons. The molecule has 2 aromatic rings. The first kappa shape index (κ1) is 18.0. The number of sulfonamides is 1. The lowest BCUT2D eigenvalue weighted by atomic mass is 10.0. The number of nitrogens with one attached hydrogen (secondary N) is 1. The quantitative estimate of drug-likeness (QED) is 0.841. The average Bonchev–Trinajstić information content (AvgIpc) is 3.35. The topological polar surface area (TPSA) is 105 Å². The monoisotopic (exact) mass is 390 g/mol. The zero-order valence-corrected chi connectivity index (χ0v) is 16.0. The summed E-state index contributed by atoms with van der Waals surface area (Å²) in [6, 6.07) is 4.63. The van der Waals surface area contributed by atoms with E-state index in [0.29, 0.717) is 31.2 Å². The van der Waals surface area contributed by atoms with Crippen LogP contribution in [0.2, 0.25) is 0 Å². The number of aromatic nitrogens is 2. The van der Waals surface area contributed by atoms with Gasteiger partial charge in [0.1, 0.15) is 0 Å². The summed E-state index contributed by atoms with van der Waals surface area (Å²) in [5, 5.41) is 7.77. The zero-order chi connectivity index (χ0) is 19.0. The van der Waals surface area contributed by atoms with Gasteiger partial charge in [-0.3, -0.25) is 4.79 Å². The fraction of sp³-hybridized carbons (Fsp3) is 0.500. The van der Waals surface area contributed by atoms with Gasteiger partial charge in [-0.1, -0.05) is 17.9 Å². The van der Waals surface area contributed by atoms with E-state index >= 15 is 0 Å². The van der Waals surface area contributed by atoms with Crippen LogP contribution in [0.1, 0.15) is 44.1 Å². The summed E-state index contributed by atoms with van der Waals surface area (Å²) in [6.07, 6.45) is 6.06. The standard InChI is InChI=1S/C18H22N4O4S/c1-12(23)22-9-8-14-11-15(6-7-16(14)22)27(24,25)21-18-20-19-17(26-18)10-13-4-2-3-5-13/h6-7,11,13H,2-5,8-10H2,1H3,(H,20,21). The van der Waals surface area contributed by atoms with Gasteiger partial charge in [0.25, 0.3) is 10.0 Å². The Morgan fingerprint density at radius 1 is 1.30 bits per heavy atom. The summed E-state index contributed by atoms with van der Waals surface area (Å²) in [4.78, 5) is 13.4. The predicted octanol–water partition coefficient (Wildman–Crippen LogP) is 2.51. The zero-order valence-electron chi connectivity index (χ0n) is 15.1. The molecule has 2 heterocycles. The van der Waals surface area contributed by atoms with Gasteiger partial charge in [-0.2, -0.15) is 0 Å². The van der Waals surface area contributed by atoms with Crippen molar-refractivity contribution in [2.45, 2.75) is 50.3 Å². The minimum Gasteiger partial charge on any atom is -0.407 e. The van der Waals surface area contributed by atoms with Gasteiger partial charge < -0.3 is 9.32 Å². The van der Waals surface area contributed by atoms with Gasteiger partial charge in [0.2, 0.25) is 11.8 Å². The fourth-order valence-corrected chi connectivity index (χ4v) is 4.86. The van der Waals surface area contributed by atoms with E-state index in [1.807, 2.05) is 0 Å². The van der Waals surface area contributed by atoms with Gasteiger partial charge in [-0.15, -0.1) is 5.10 Å². The van der Waals surface area contributed by atoms with E-state index in [1.54, 1.807) is 17.0 Å². The number of hydrogen-bond donors (Lipinski definition) is 1. The molecule has 9 heteroatoms. The molecule has 0 saturated heterocycles. The summed E-state index contributed by atoms with van der Waals surface area (Å²) in [5.74, 6) is 0.949. The molecule has 0 spiro atoms. The molecule has 0 bridgehead atoms. The van der Waals surface area contributed by atoms with E-state index in [9.17, 15) is 13.2 Å². The Balaban J connectivity index is 1.49. The van der Waals surface area contributed by atoms with E-state index in [4.69, 9.17) is 4.42 Å². The summed E-state index contributed by atoms with van der Waals surface area (Å²) in [6.45, 7) is 2.07. The van der Waals surface area contributed by atoms with Crippen LogP contribution in [0, 0.1) is 5.92 Å². The van der Waals surface area contributed by atoms with Crippen LogP contribution in [0.5, 0.6) is 0 Å². The predicted molar refractivity (Wildman–Crippen MR) is 98.9 cm³/mol. The lowest BCUT2D eigenvalue weighted by Gasteiger charge is -2.14. The van der Waals surface area contributed by atoms with E-state index in [0.717, 1.165) is 24.1 Å². The molecule has 1 aromatic heterocycles. The largest absolute Gasteiger partial charge is 0.407 e. The first-order valence-electron chi connectivity index (χ1n) is 9.18. The average molecular weight is 390 g/mol. The van der Waals surface area contributed by atoms with Crippen molar-refractivity contribution in [2.75, 3.05) is 16.2 Å². The summed E-state index contributed by atoms with van der Waals surface area (Å²) < 4.78 is 33.1. The van der Waals surface area contributed by atoms with E-state index in [1.165, 1.54) is 25.8 Å². The van der Waals surface area contributed by atoms with Gasteiger partial charge in [-0.05, 0) is 48.9 Å². The molecule has 1 saturated carbocycles. The van der Waals surface area contributed by atoms with Crippen molar-refractivity contribution >= 4 is 27.6 Å². The normalized spacial score (nSPS) is 17.3. The lowest BCUT2D eigenvalue weighted by molar-refractivity contribution is -0.116. The molecule has 1 aromatic carbocycles. The maximum Gasteiger partial charge on any atom is 0.329 e. The van der Waals surface area contributed by atoms with Crippen LogP contribution < -0.4 is 9.62 Å². The molecule has 1 aliphatic heterocycles. The van der Waals surface area contributed by atoms with Crippen LogP contribution in [-0.2, 0) is 27.7 Å². The van der Waals surface area contributed by atoms with Crippen LogP contribution in [0.15, 0.2) is 27.5 Å². The van der Waals surface area contributed by atoms with Crippen molar-refractivity contribution in [3.8, 4) is 0 Å². The Morgan fingerprint density at radius 2 is 2.07 bits per heavy atom. The van der Waals surface area contributed by atoms with Gasteiger partial charge in [-0.25, -0.2) is 13.1 Å². The maximum absolute atomic E-state index is 12.7. The molecule has 4 rings (SSSR count). The number of hydrogen-bond acceptors (Lipinski definition) is 6. The Bertz CT molecular complexity index is 963. The molecule has 0 atom stereocenters. The Morgan fingerprint density at radius 3 is 2.81 bits per heavy atom. The number of anilines is 2. The van der Waals surface area contributed by atoms with Crippen LogP contribution >= 0.6 is 0 Å².